The van der Waals surface area contributed by atoms with E-state index >= 15 is 0 Å². The molecule has 0 unspecified atom stereocenters. The number of carbonyl (C=O) groups excluding carboxylic acids is 1. The Labute approximate surface area is 168 Å². The zero-order valence-corrected chi connectivity index (χ0v) is 16.0. The van der Waals surface area contributed by atoms with Gasteiger partial charge in [-0.15, -0.1) is 10.2 Å². The van der Waals surface area contributed by atoms with Crippen LogP contribution in [0.25, 0.3) is 0 Å². The number of anilines is 3. The maximum absolute atomic E-state index is 13.9. The molecular formula is C21H21FN6O. The van der Waals surface area contributed by atoms with E-state index < -0.39 is 5.82 Å². The smallest absolute Gasteiger partial charge is 0.256 e. The van der Waals surface area contributed by atoms with E-state index in [0.717, 1.165) is 11.4 Å². The second-order valence-corrected chi connectivity index (χ2v) is 6.88. The van der Waals surface area contributed by atoms with Crippen LogP contribution in [0.4, 0.5) is 21.8 Å². The monoisotopic (exact) mass is 392 g/mol. The van der Waals surface area contributed by atoms with E-state index in [1.807, 2.05) is 31.2 Å². The first-order chi connectivity index (χ1) is 14.1. The third kappa shape index (κ3) is 4.31. The molecule has 1 aliphatic heterocycles. The highest BCUT2D eigenvalue weighted by molar-refractivity contribution is 5.94. The fourth-order valence-electron chi connectivity index (χ4n) is 3.18. The first-order valence-corrected chi connectivity index (χ1v) is 9.42. The fraction of sp³-hybridized carbons (Fsp3) is 0.238. The SMILES string of the molecule is Cc1ccc(Nc2ccc(N3CCN(C(=O)c4ccccc4F)CC3)nn2)nc1. The van der Waals surface area contributed by atoms with Gasteiger partial charge in [-0.3, -0.25) is 4.79 Å². The van der Waals surface area contributed by atoms with E-state index in [0.29, 0.717) is 37.8 Å². The van der Waals surface area contributed by atoms with Crippen molar-refractivity contribution in [2.24, 2.45) is 0 Å². The van der Waals surface area contributed by atoms with Crippen molar-refractivity contribution in [2.45, 2.75) is 6.92 Å². The Kier molecular flexibility index (Phi) is 5.33. The van der Waals surface area contributed by atoms with Gasteiger partial charge in [0.25, 0.3) is 5.91 Å². The van der Waals surface area contributed by atoms with Gasteiger partial charge < -0.3 is 15.1 Å². The van der Waals surface area contributed by atoms with Gasteiger partial charge in [-0.2, -0.15) is 0 Å². The summed E-state index contributed by atoms with van der Waals surface area (Å²) in [5.74, 6) is 1.29. The molecule has 2 aromatic heterocycles. The van der Waals surface area contributed by atoms with Gasteiger partial charge in [0.05, 0.1) is 5.56 Å². The van der Waals surface area contributed by atoms with Gasteiger partial charge in [0.1, 0.15) is 11.6 Å². The summed E-state index contributed by atoms with van der Waals surface area (Å²) >= 11 is 0. The van der Waals surface area contributed by atoms with E-state index in [-0.39, 0.29) is 11.5 Å². The van der Waals surface area contributed by atoms with Gasteiger partial charge in [0, 0.05) is 32.4 Å². The first kappa shape index (κ1) is 18.8. The summed E-state index contributed by atoms with van der Waals surface area (Å²) in [7, 11) is 0. The van der Waals surface area contributed by atoms with E-state index in [4.69, 9.17) is 0 Å². The number of amides is 1. The Morgan fingerprint density at radius 3 is 2.38 bits per heavy atom. The molecule has 1 fully saturated rings. The lowest BCUT2D eigenvalue weighted by Gasteiger charge is -2.35. The molecule has 1 N–H and O–H groups in total. The van der Waals surface area contributed by atoms with Crippen LogP contribution in [0.5, 0.6) is 0 Å². The number of carbonyl (C=O) groups is 1. The van der Waals surface area contributed by atoms with Gasteiger partial charge in [0.15, 0.2) is 11.6 Å². The van der Waals surface area contributed by atoms with Crippen molar-refractivity contribution < 1.29 is 9.18 Å². The maximum atomic E-state index is 13.9. The zero-order valence-electron chi connectivity index (χ0n) is 16.0. The minimum Gasteiger partial charge on any atom is -0.352 e. The molecule has 7 nitrogen and oxygen atoms in total. The summed E-state index contributed by atoms with van der Waals surface area (Å²) in [4.78, 5) is 20.5. The van der Waals surface area contributed by atoms with Crippen molar-refractivity contribution in [1.82, 2.24) is 20.1 Å². The highest BCUT2D eigenvalue weighted by Gasteiger charge is 2.24. The molecule has 8 heteroatoms. The number of rotatable bonds is 4. The molecule has 4 rings (SSSR count). The van der Waals surface area contributed by atoms with Crippen molar-refractivity contribution in [1.29, 1.82) is 0 Å². The number of nitrogens with zero attached hydrogens (tertiary/aromatic N) is 5. The molecule has 0 saturated carbocycles. The molecule has 3 aromatic rings. The molecular weight excluding hydrogens is 371 g/mol. The van der Waals surface area contributed by atoms with Gasteiger partial charge >= 0.3 is 0 Å². The number of aromatic nitrogens is 3. The third-order valence-corrected chi connectivity index (χ3v) is 4.81. The number of aryl methyl sites for hydroxylation is 1. The van der Waals surface area contributed by atoms with Crippen molar-refractivity contribution >= 4 is 23.4 Å². The summed E-state index contributed by atoms with van der Waals surface area (Å²) in [5, 5.41) is 11.6. The molecule has 1 amide bonds. The average molecular weight is 392 g/mol. The molecule has 29 heavy (non-hydrogen) atoms. The van der Waals surface area contributed by atoms with E-state index in [9.17, 15) is 9.18 Å². The maximum Gasteiger partial charge on any atom is 0.256 e. The Balaban J connectivity index is 1.35. The van der Waals surface area contributed by atoms with Gasteiger partial charge in [0.2, 0.25) is 0 Å². The summed E-state index contributed by atoms with van der Waals surface area (Å²) in [6.07, 6.45) is 1.78. The lowest BCUT2D eigenvalue weighted by atomic mass is 10.1. The van der Waals surface area contributed by atoms with Crippen molar-refractivity contribution in [3.05, 3.63) is 71.7 Å². The van der Waals surface area contributed by atoms with E-state index in [1.54, 1.807) is 23.2 Å². The normalized spacial score (nSPS) is 14.0. The van der Waals surface area contributed by atoms with Crippen LogP contribution in [0.3, 0.4) is 0 Å². The lowest BCUT2D eigenvalue weighted by Crippen LogP contribution is -2.49. The Morgan fingerprint density at radius 2 is 1.72 bits per heavy atom. The quantitative estimate of drug-likeness (QED) is 0.736. The van der Waals surface area contributed by atoms with Crippen LogP contribution in [0.2, 0.25) is 0 Å². The number of benzene rings is 1. The average Bonchev–Trinajstić information content (AvgIpc) is 2.76. The molecule has 0 aliphatic carbocycles. The lowest BCUT2D eigenvalue weighted by molar-refractivity contribution is 0.0742. The molecule has 148 valence electrons. The molecule has 0 bridgehead atoms. The van der Waals surface area contributed by atoms with Crippen LogP contribution >= 0.6 is 0 Å². The minimum atomic E-state index is -0.489. The zero-order chi connectivity index (χ0) is 20.2. The predicted molar refractivity (Wildman–Crippen MR) is 109 cm³/mol. The van der Waals surface area contributed by atoms with Crippen molar-refractivity contribution in [3.63, 3.8) is 0 Å². The highest BCUT2D eigenvalue weighted by Crippen LogP contribution is 2.18. The Morgan fingerprint density at radius 1 is 0.966 bits per heavy atom. The Hall–Kier alpha value is -3.55. The van der Waals surface area contributed by atoms with Gasteiger partial charge in [-0.25, -0.2) is 9.37 Å². The number of piperazine rings is 1. The largest absolute Gasteiger partial charge is 0.352 e. The molecule has 0 spiro atoms. The Bertz CT molecular complexity index is 985. The van der Waals surface area contributed by atoms with Crippen LogP contribution in [0.1, 0.15) is 15.9 Å². The van der Waals surface area contributed by atoms with Gasteiger partial charge in [-0.1, -0.05) is 18.2 Å². The van der Waals surface area contributed by atoms with Crippen LogP contribution in [0.15, 0.2) is 54.7 Å². The summed E-state index contributed by atoms with van der Waals surface area (Å²) in [5.41, 5.74) is 1.20. The molecule has 1 aromatic carbocycles. The molecule has 0 atom stereocenters. The topological polar surface area (TPSA) is 74.2 Å². The summed E-state index contributed by atoms with van der Waals surface area (Å²) in [6, 6.07) is 13.7. The summed E-state index contributed by atoms with van der Waals surface area (Å²) in [6.45, 7) is 4.21. The van der Waals surface area contributed by atoms with Crippen molar-refractivity contribution in [3.8, 4) is 0 Å². The minimum absolute atomic E-state index is 0.112. The number of pyridine rings is 1. The molecule has 3 heterocycles. The number of halogens is 1. The molecule has 1 aliphatic rings. The first-order valence-electron chi connectivity index (χ1n) is 9.42. The van der Waals surface area contributed by atoms with Crippen LogP contribution in [0, 0.1) is 12.7 Å². The van der Waals surface area contributed by atoms with Crippen LogP contribution in [-0.2, 0) is 0 Å². The summed E-state index contributed by atoms with van der Waals surface area (Å²) < 4.78 is 13.9. The predicted octanol–water partition coefficient (Wildman–Crippen LogP) is 3.03. The van der Waals surface area contributed by atoms with Crippen molar-refractivity contribution in [2.75, 3.05) is 36.4 Å². The van der Waals surface area contributed by atoms with Crippen LogP contribution < -0.4 is 10.2 Å². The fourth-order valence-corrected chi connectivity index (χ4v) is 3.18. The second kappa shape index (κ2) is 8.22. The van der Waals surface area contributed by atoms with Gasteiger partial charge in [-0.05, 0) is 42.8 Å². The third-order valence-electron chi connectivity index (χ3n) is 4.81. The molecule has 0 radical (unpaired) electrons. The number of nitrogens with one attached hydrogen (secondary N) is 1. The number of hydrogen-bond acceptors (Lipinski definition) is 6. The molecule has 1 saturated heterocycles. The standard InChI is InChI=1S/C21H21FN6O/c1-15-6-7-18(23-14-15)24-19-8-9-20(26-25-19)27-10-12-28(13-11-27)21(29)16-4-2-3-5-17(16)22/h2-9,14H,10-13H2,1H3,(H,23,24,25). The van der Waals surface area contributed by atoms with E-state index in [2.05, 4.69) is 25.4 Å². The second-order valence-electron chi connectivity index (χ2n) is 6.88. The number of hydrogen-bond donors (Lipinski definition) is 1. The highest BCUT2D eigenvalue weighted by atomic mass is 19.1. The van der Waals surface area contributed by atoms with Crippen LogP contribution in [-0.4, -0.2) is 52.2 Å². The van der Waals surface area contributed by atoms with E-state index in [1.165, 1.54) is 12.1 Å².